The number of aliphatic carboxylic acids is 1. The molecule has 1 saturated heterocycles. The van der Waals surface area contributed by atoms with E-state index >= 15 is 0 Å². The Kier molecular flexibility index (Phi) is 5.92. The summed E-state index contributed by atoms with van der Waals surface area (Å²) < 4.78 is 10.9. The van der Waals surface area contributed by atoms with Crippen molar-refractivity contribution in [2.75, 3.05) is 19.8 Å². The molecule has 1 aromatic rings. The predicted molar refractivity (Wildman–Crippen MR) is 82.5 cm³/mol. The van der Waals surface area contributed by atoms with Gasteiger partial charge in [0.05, 0.1) is 13.2 Å². The van der Waals surface area contributed by atoms with E-state index in [1.54, 1.807) is 12.1 Å². The highest BCUT2D eigenvalue weighted by atomic mass is 16.5. The van der Waals surface area contributed by atoms with Gasteiger partial charge in [-0.15, -0.1) is 0 Å². The molecular weight excluding hydrogens is 300 g/mol. The van der Waals surface area contributed by atoms with Gasteiger partial charge in [0.2, 0.25) is 5.88 Å². The van der Waals surface area contributed by atoms with Gasteiger partial charge in [0, 0.05) is 30.3 Å². The van der Waals surface area contributed by atoms with Gasteiger partial charge in [-0.2, -0.15) is 0 Å². The van der Waals surface area contributed by atoms with Gasteiger partial charge in [-0.05, 0) is 19.4 Å². The molecular formula is C16H22N2O5. The van der Waals surface area contributed by atoms with Crippen molar-refractivity contribution in [2.24, 2.45) is 0 Å². The molecule has 0 bridgehead atoms. The van der Waals surface area contributed by atoms with E-state index in [9.17, 15) is 9.59 Å². The molecule has 1 aliphatic rings. The van der Waals surface area contributed by atoms with Crippen LogP contribution in [-0.2, 0) is 9.53 Å². The average molecular weight is 322 g/mol. The van der Waals surface area contributed by atoms with E-state index in [1.807, 2.05) is 13.8 Å². The summed E-state index contributed by atoms with van der Waals surface area (Å²) in [5, 5.41) is 9.02. The average Bonchev–Trinajstić information content (AvgIpc) is 3.04. The van der Waals surface area contributed by atoms with E-state index in [0.717, 1.165) is 6.42 Å². The minimum Gasteiger partial charge on any atom is -0.480 e. The molecule has 1 amide bonds. The smallest absolute Gasteiger partial charge is 0.323 e. The van der Waals surface area contributed by atoms with Gasteiger partial charge in [0.15, 0.2) is 0 Å². The van der Waals surface area contributed by atoms with Crippen LogP contribution >= 0.6 is 0 Å². The number of amides is 1. The highest BCUT2D eigenvalue weighted by molar-refractivity contribution is 5.96. The van der Waals surface area contributed by atoms with Gasteiger partial charge < -0.3 is 19.5 Å². The molecule has 2 atom stereocenters. The molecule has 1 fully saturated rings. The fourth-order valence-corrected chi connectivity index (χ4v) is 2.34. The monoisotopic (exact) mass is 322 g/mol. The number of aromatic nitrogens is 1. The van der Waals surface area contributed by atoms with Gasteiger partial charge in [0.25, 0.3) is 5.91 Å². The molecule has 2 heterocycles. The normalized spacial score (nSPS) is 18.4. The SMILES string of the molecule is CCC(C)N(CC(=O)O)C(=O)c1ccnc(OC2CCOC2)c1. The summed E-state index contributed by atoms with van der Waals surface area (Å²) in [6, 6.07) is 2.95. The Labute approximate surface area is 135 Å². The molecule has 126 valence electrons. The van der Waals surface area contributed by atoms with E-state index in [4.69, 9.17) is 14.6 Å². The van der Waals surface area contributed by atoms with Crippen LogP contribution in [0.2, 0.25) is 0 Å². The Bertz CT molecular complexity index is 557. The third-order valence-corrected chi connectivity index (χ3v) is 3.85. The molecule has 0 aromatic carbocycles. The third kappa shape index (κ3) is 4.66. The van der Waals surface area contributed by atoms with Crippen molar-refractivity contribution in [3.8, 4) is 5.88 Å². The maximum atomic E-state index is 12.6. The molecule has 1 N–H and O–H groups in total. The van der Waals surface area contributed by atoms with Gasteiger partial charge >= 0.3 is 5.97 Å². The molecule has 2 unspecified atom stereocenters. The fourth-order valence-electron chi connectivity index (χ4n) is 2.34. The van der Waals surface area contributed by atoms with E-state index in [1.165, 1.54) is 11.1 Å². The Hall–Kier alpha value is -2.15. The van der Waals surface area contributed by atoms with Gasteiger partial charge in [-0.25, -0.2) is 4.98 Å². The molecule has 0 saturated carbocycles. The minimum absolute atomic E-state index is 0.0578. The van der Waals surface area contributed by atoms with Crippen LogP contribution < -0.4 is 4.74 Å². The summed E-state index contributed by atoms with van der Waals surface area (Å²) in [6.45, 7) is 4.58. The van der Waals surface area contributed by atoms with Crippen LogP contribution in [0, 0.1) is 0 Å². The zero-order valence-corrected chi connectivity index (χ0v) is 13.4. The van der Waals surface area contributed by atoms with Crippen LogP contribution in [0.1, 0.15) is 37.0 Å². The topological polar surface area (TPSA) is 89.0 Å². The van der Waals surface area contributed by atoms with Crippen LogP contribution in [-0.4, -0.2) is 58.8 Å². The lowest BCUT2D eigenvalue weighted by Gasteiger charge is -2.27. The molecule has 7 nitrogen and oxygen atoms in total. The van der Waals surface area contributed by atoms with Crippen LogP contribution in [0.4, 0.5) is 0 Å². The van der Waals surface area contributed by atoms with Crippen molar-refractivity contribution in [3.05, 3.63) is 23.9 Å². The molecule has 0 radical (unpaired) electrons. The minimum atomic E-state index is -1.03. The summed E-state index contributed by atoms with van der Waals surface area (Å²) in [5.41, 5.74) is 0.371. The lowest BCUT2D eigenvalue weighted by atomic mass is 10.1. The second-order valence-electron chi connectivity index (χ2n) is 5.57. The largest absolute Gasteiger partial charge is 0.480 e. The van der Waals surface area contributed by atoms with E-state index in [2.05, 4.69) is 4.98 Å². The summed E-state index contributed by atoms with van der Waals surface area (Å²) in [7, 11) is 0. The quantitative estimate of drug-likeness (QED) is 0.820. The third-order valence-electron chi connectivity index (χ3n) is 3.85. The maximum Gasteiger partial charge on any atom is 0.323 e. The molecule has 1 aromatic heterocycles. The predicted octanol–water partition coefficient (Wildman–Crippen LogP) is 1.57. The van der Waals surface area contributed by atoms with E-state index in [0.29, 0.717) is 31.1 Å². The maximum absolute atomic E-state index is 12.6. The van der Waals surface area contributed by atoms with E-state index < -0.39 is 5.97 Å². The molecule has 23 heavy (non-hydrogen) atoms. The van der Waals surface area contributed by atoms with Gasteiger partial charge in [-0.1, -0.05) is 6.92 Å². The molecule has 0 spiro atoms. The van der Waals surface area contributed by atoms with Gasteiger partial charge in [0.1, 0.15) is 12.6 Å². The number of ether oxygens (including phenoxy) is 2. The fraction of sp³-hybridized carbons (Fsp3) is 0.562. The summed E-state index contributed by atoms with van der Waals surface area (Å²) in [5.74, 6) is -1.02. The van der Waals surface area contributed by atoms with Crippen LogP contribution in [0.5, 0.6) is 5.88 Å². The number of pyridine rings is 1. The zero-order chi connectivity index (χ0) is 16.8. The van der Waals surface area contributed by atoms with Crippen molar-refractivity contribution in [1.82, 2.24) is 9.88 Å². The number of nitrogens with zero attached hydrogens (tertiary/aromatic N) is 2. The number of hydrogen-bond acceptors (Lipinski definition) is 5. The number of hydrogen-bond donors (Lipinski definition) is 1. The Morgan fingerprint density at radius 2 is 2.35 bits per heavy atom. The van der Waals surface area contributed by atoms with Crippen LogP contribution in [0.15, 0.2) is 18.3 Å². The number of rotatable bonds is 7. The second-order valence-corrected chi connectivity index (χ2v) is 5.57. The Morgan fingerprint density at radius 3 is 2.96 bits per heavy atom. The summed E-state index contributed by atoms with van der Waals surface area (Å²) in [6.07, 6.45) is 2.90. The first-order chi connectivity index (χ1) is 11.0. The number of carboxylic acid groups (broad SMARTS) is 1. The van der Waals surface area contributed by atoms with Crippen molar-refractivity contribution < 1.29 is 24.2 Å². The zero-order valence-electron chi connectivity index (χ0n) is 13.4. The highest BCUT2D eigenvalue weighted by Gasteiger charge is 2.24. The van der Waals surface area contributed by atoms with Crippen molar-refractivity contribution >= 4 is 11.9 Å². The van der Waals surface area contributed by atoms with Crippen molar-refractivity contribution in [2.45, 2.75) is 38.8 Å². The standard InChI is InChI=1S/C16H22N2O5/c1-3-11(2)18(9-15(19)20)16(21)12-4-6-17-14(8-12)23-13-5-7-22-10-13/h4,6,8,11,13H,3,5,7,9-10H2,1-2H3,(H,19,20). The number of carboxylic acids is 1. The van der Waals surface area contributed by atoms with Gasteiger partial charge in [-0.3, -0.25) is 9.59 Å². The molecule has 0 aliphatic carbocycles. The van der Waals surface area contributed by atoms with Crippen LogP contribution in [0.3, 0.4) is 0 Å². The van der Waals surface area contributed by atoms with Crippen molar-refractivity contribution in [1.29, 1.82) is 0 Å². The number of carbonyl (C=O) groups is 2. The van der Waals surface area contributed by atoms with Crippen molar-refractivity contribution in [3.63, 3.8) is 0 Å². The first kappa shape index (κ1) is 17.2. The first-order valence-corrected chi connectivity index (χ1v) is 7.74. The van der Waals surface area contributed by atoms with Crippen LogP contribution in [0.25, 0.3) is 0 Å². The molecule has 2 rings (SSSR count). The lowest BCUT2D eigenvalue weighted by molar-refractivity contribution is -0.138. The lowest BCUT2D eigenvalue weighted by Crippen LogP contribution is -2.41. The highest BCUT2D eigenvalue weighted by Crippen LogP contribution is 2.18. The summed E-state index contributed by atoms with van der Waals surface area (Å²) in [4.78, 5) is 29.1. The second kappa shape index (κ2) is 7.92. The van der Waals surface area contributed by atoms with E-state index in [-0.39, 0.29) is 24.6 Å². The summed E-state index contributed by atoms with van der Waals surface area (Å²) >= 11 is 0. The Balaban J connectivity index is 2.14. The Morgan fingerprint density at radius 1 is 1.57 bits per heavy atom. The first-order valence-electron chi connectivity index (χ1n) is 7.74. The number of carbonyl (C=O) groups excluding carboxylic acids is 1. The molecule has 1 aliphatic heterocycles. The molecule has 7 heteroatoms.